The molecule has 0 amide bonds. The topological polar surface area (TPSA) is 124 Å². The molecule has 0 saturated carbocycles. The molecule has 0 aliphatic rings. The fourth-order valence-corrected chi connectivity index (χ4v) is 5.29. The van der Waals surface area contributed by atoms with E-state index in [-0.39, 0.29) is 36.2 Å². The molecule has 0 heterocycles. The Hall–Kier alpha value is -2.68. The van der Waals surface area contributed by atoms with Crippen LogP contribution in [0.1, 0.15) is 22.3 Å². The molecule has 0 N–H and O–H groups in total. The van der Waals surface area contributed by atoms with E-state index in [2.05, 4.69) is 0 Å². The molecule has 0 unspecified atom stereocenters. The third-order valence-electron chi connectivity index (χ3n) is 5.86. The maximum atomic E-state index is 12.1. The van der Waals surface area contributed by atoms with Gasteiger partial charge < -0.3 is 18.9 Å². The zero-order valence-electron chi connectivity index (χ0n) is 23.9. The van der Waals surface area contributed by atoms with Gasteiger partial charge in [-0.25, -0.2) is 0 Å². The van der Waals surface area contributed by atoms with Crippen molar-refractivity contribution in [1.82, 2.24) is 0 Å². The molecule has 10 nitrogen and oxygen atoms in total. The number of hydrogen-bond acceptors (Lipinski definition) is 10. The van der Waals surface area contributed by atoms with E-state index in [1.165, 1.54) is 24.3 Å². The van der Waals surface area contributed by atoms with Crippen LogP contribution < -0.4 is 0 Å². The van der Waals surface area contributed by atoms with Crippen molar-refractivity contribution in [3.8, 4) is 0 Å². The highest BCUT2D eigenvalue weighted by molar-refractivity contribution is 7.87. The molecule has 12 heteroatoms. The average molecular weight is 623 g/mol. The van der Waals surface area contributed by atoms with Gasteiger partial charge in [0.1, 0.15) is 0 Å². The lowest BCUT2D eigenvalue weighted by atomic mass is 10.1. The van der Waals surface area contributed by atoms with Gasteiger partial charge in [0.25, 0.3) is 20.2 Å². The quantitative estimate of drug-likeness (QED) is 0.134. The molecule has 0 atom stereocenters. The van der Waals surface area contributed by atoms with Crippen LogP contribution in [0.3, 0.4) is 0 Å². The first-order valence-corrected chi connectivity index (χ1v) is 16.3. The van der Waals surface area contributed by atoms with E-state index in [1.54, 1.807) is 24.3 Å². The number of hydrogen-bond donors (Lipinski definition) is 0. The van der Waals surface area contributed by atoms with Gasteiger partial charge in [0, 0.05) is 0 Å². The van der Waals surface area contributed by atoms with Crippen molar-refractivity contribution in [3.63, 3.8) is 0 Å². The molecule has 3 aromatic carbocycles. The summed E-state index contributed by atoms with van der Waals surface area (Å²) in [6.07, 6.45) is 0. The second-order valence-electron chi connectivity index (χ2n) is 9.32. The minimum absolute atomic E-state index is 0.0703. The highest BCUT2D eigenvalue weighted by Gasteiger charge is 2.15. The van der Waals surface area contributed by atoms with E-state index in [9.17, 15) is 16.8 Å². The maximum absolute atomic E-state index is 12.1. The van der Waals surface area contributed by atoms with Crippen LogP contribution in [-0.4, -0.2) is 69.7 Å². The Morgan fingerprint density at radius 2 is 0.738 bits per heavy atom. The van der Waals surface area contributed by atoms with Crippen molar-refractivity contribution in [2.24, 2.45) is 0 Å². The van der Waals surface area contributed by atoms with Gasteiger partial charge in [0.15, 0.2) is 0 Å². The van der Waals surface area contributed by atoms with Gasteiger partial charge in [-0.2, -0.15) is 16.8 Å². The molecular weight excluding hydrogens is 584 g/mol. The van der Waals surface area contributed by atoms with Crippen molar-refractivity contribution in [3.05, 3.63) is 95.1 Å². The first kappa shape index (κ1) is 33.8. The third-order valence-corrected chi connectivity index (χ3v) is 8.51. The normalized spacial score (nSPS) is 12.0. The summed E-state index contributed by atoms with van der Waals surface area (Å²) in [4.78, 5) is 0.242. The summed E-state index contributed by atoms with van der Waals surface area (Å²) in [6.45, 7) is 6.08. The summed E-state index contributed by atoms with van der Waals surface area (Å²) < 4.78 is 80.4. The Labute approximate surface area is 248 Å². The number of rotatable bonds is 20. The lowest BCUT2D eigenvalue weighted by Crippen LogP contribution is -2.13. The zero-order valence-corrected chi connectivity index (χ0v) is 25.5. The number of benzene rings is 3. The van der Waals surface area contributed by atoms with E-state index >= 15 is 0 Å². The second-order valence-corrected chi connectivity index (χ2v) is 12.6. The van der Waals surface area contributed by atoms with E-state index < -0.39 is 20.2 Å². The van der Waals surface area contributed by atoms with Gasteiger partial charge in [0.2, 0.25) is 0 Å². The predicted octanol–water partition coefficient (Wildman–Crippen LogP) is 4.18. The highest BCUT2D eigenvalue weighted by Crippen LogP contribution is 2.14. The summed E-state index contributed by atoms with van der Waals surface area (Å²) >= 11 is 0. The molecule has 0 fully saturated rings. The van der Waals surface area contributed by atoms with Crippen LogP contribution in [0.5, 0.6) is 0 Å². The van der Waals surface area contributed by atoms with E-state index in [1.807, 2.05) is 38.1 Å². The fraction of sp³-hybridized carbons (Fsp3) is 0.400. The fourth-order valence-electron chi connectivity index (χ4n) is 3.50. The summed E-state index contributed by atoms with van der Waals surface area (Å²) in [6, 6.07) is 20.7. The predicted molar refractivity (Wildman–Crippen MR) is 156 cm³/mol. The molecule has 3 rings (SSSR count). The molecule has 3 aromatic rings. The van der Waals surface area contributed by atoms with Gasteiger partial charge in [0.05, 0.1) is 75.9 Å². The first-order valence-electron chi connectivity index (χ1n) is 13.5. The zero-order chi connectivity index (χ0) is 30.3. The van der Waals surface area contributed by atoms with Crippen molar-refractivity contribution in [1.29, 1.82) is 0 Å². The Morgan fingerprint density at radius 3 is 1.10 bits per heavy atom. The van der Waals surface area contributed by atoms with Crippen LogP contribution in [-0.2, 0) is 60.8 Å². The Bertz CT molecular complexity index is 1290. The molecule has 0 bridgehead atoms. The van der Waals surface area contributed by atoms with Crippen LogP contribution in [0.4, 0.5) is 0 Å². The van der Waals surface area contributed by atoms with Crippen LogP contribution >= 0.6 is 0 Å². The van der Waals surface area contributed by atoms with Crippen molar-refractivity contribution in [2.75, 3.05) is 52.9 Å². The largest absolute Gasteiger partial charge is 0.377 e. The minimum Gasteiger partial charge on any atom is -0.377 e. The average Bonchev–Trinajstić information content (AvgIpc) is 2.97. The van der Waals surface area contributed by atoms with Crippen LogP contribution in [0.25, 0.3) is 0 Å². The molecule has 0 spiro atoms. The van der Waals surface area contributed by atoms with Gasteiger partial charge in [-0.3, -0.25) is 8.37 Å². The standard InChI is InChI=1S/C30H38O10S2/c1-25-3-11-29(12-4-25)41(31,32)39-21-19-35-15-17-37-23-27-7-9-28(10-8-27)24-38-18-16-36-20-22-40-42(33,34)30-13-5-26(2)6-14-30/h3-14H,15-24H2,1-2H3. The first-order chi connectivity index (χ1) is 20.2. The molecule has 0 aromatic heterocycles. The second kappa shape index (κ2) is 17.4. The van der Waals surface area contributed by atoms with Crippen molar-refractivity contribution >= 4 is 20.2 Å². The molecule has 0 radical (unpaired) electrons. The minimum atomic E-state index is -3.79. The molecule has 0 aliphatic heterocycles. The van der Waals surface area contributed by atoms with Gasteiger partial charge in [-0.15, -0.1) is 0 Å². The summed E-state index contributed by atoms with van der Waals surface area (Å²) in [5.74, 6) is 0. The number of ether oxygens (including phenoxy) is 4. The Kier molecular flexibility index (Phi) is 14.0. The summed E-state index contributed by atoms with van der Waals surface area (Å²) in [7, 11) is -7.58. The van der Waals surface area contributed by atoms with Crippen molar-refractivity contribution < 1.29 is 44.1 Å². The maximum Gasteiger partial charge on any atom is 0.297 e. The Morgan fingerprint density at radius 1 is 0.429 bits per heavy atom. The molecule has 0 saturated heterocycles. The van der Waals surface area contributed by atoms with Gasteiger partial charge >= 0.3 is 0 Å². The summed E-state index contributed by atoms with van der Waals surface area (Å²) in [5, 5.41) is 0. The smallest absolute Gasteiger partial charge is 0.297 e. The molecule has 0 aliphatic carbocycles. The van der Waals surface area contributed by atoms with Crippen LogP contribution in [0, 0.1) is 13.8 Å². The summed E-state index contributed by atoms with van der Waals surface area (Å²) in [5.41, 5.74) is 3.93. The van der Waals surface area contributed by atoms with Crippen LogP contribution in [0.2, 0.25) is 0 Å². The van der Waals surface area contributed by atoms with E-state index in [4.69, 9.17) is 27.3 Å². The lowest BCUT2D eigenvalue weighted by molar-refractivity contribution is 0.0303. The lowest BCUT2D eigenvalue weighted by Gasteiger charge is -2.09. The van der Waals surface area contributed by atoms with Gasteiger partial charge in [-0.05, 0) is 49.2 Å². The van der Waals surface area contributed by atoms with E-state index in [0.29, 0.717) is 39.6 Å². The van der Waals surface area contributed by atoms with E-state index in [0.717, 1.165) is 22.3 Å². The molecule has 42 heavy (non-hydrogen) atoms. The number of aryl methyl sites for hydroxylation is 2. The van der Waals surface area contributed by atoms with Crippen molar-refractivity contribution in [2.45, 2.75) is 36.9 Å². The highest BCUT2D eigenvalue weighted by atomic mass is 32.2. The third kappa shape index (κ3) is 12.3. The molecular formula is C30H38O10S2. The SMILES string of the molecule is Cc1ccc(S(=O)(=O)OCCOCCOCc2ccc(COCCOCCOS(=O)(=O)c3ccc(C)cc3)cc2)cc1. The van der Waals surface area contributed by atoms with Crippen LogP contribution in [0.15, 0.2) is 82.6 Å². The Balaban J connectivity index is 1.17. The van der Waals surface area contributed by atoms with Gasteiger partial charge in [-0.1, -0.05) is 59.7 Å². The molecule has 230 valence electrons. The monoisotopic (exact) mass is 622 g/mol.